The van der Waals surface area contributed by atoms with Crippen LogP contribution in [0.3, 0.4) is 0 Å². The molecule has 0 saturated carbocycles. The molecule has 14 heavy (non-hydrogen) atoms. The lowest BCUT2D eigenvalue weighted by molar-refractivity contribution is -0.138. The molecule has 0 radical (unpaired) electrons. The molecule has 1 aromatic heterocycles. The van der Waals surface area contributed by atoms with Gasteiger partial charge in [0.05, 0.1) is 6.61 Å². The van der Waals surface area contributed by atoms with Crippen molar-refractivity contribution in [2.45, 2.75) is 13.8 Å². The average Bonchev–Trinajstić information content (AvgIpc) is 2.51. The van der Waals surface area contributed by atoms with E-state index < -0.39 is 0 Å². The van der Waals surface area contributed by atoms with Crippen molar-refractivity contribution in [3.05, 3.63) is 26.4 Å². The van der Waals surface area contributed by atoms with Crippen LogP contribution in [-0.2, 0) is 9.53 Å². The molecule has 0 N–H and O–H groups in total. The largest absolute Gasteiger partial charge is 0.463 e. The van der Waals surface area contributed by atoms with Gasteiger partial charge in [-0.15, -0.1) is 11.3 Å². The molecular weight excluding hydrogens is 264 g/mol. The normalized spacial score (nSPS) is 11.5. The maximum atomic E-state index is 11.3. The number of halogens is 1. The first-order valence-corrected chi connectivity index (χ1v) is 5.90. The Kier molecular flexibility index (Phi) is 4.35. The Bertz CT molecular complexity index is 355. The van der Waals surface area contributed by atoms with E-state index in [1.807, 2.05) is 17.5 Å². The van der Waals surface area contributed by atoms with Crippen LogP contribution in [0.5, 0.6) is 0 Å². The highest BCUT2D eigenvalue weighted by atomic mass is 79.9. The fraction of sp³-hybridized carbons (Fsp3) is 0.300. The van der Waals surface area contributed by atoms with Crippen molar-refractivity contribution in [2.75, 3.05) is 6.61 Å². The first kappa shape index (κ1) is 11.5. The van der Waals surface area contributed by atoms with Crippen molar-refractivity contribution < 1.29 is 9.53 Å². The van der Waals surface area contributed by atoms with Crippen molar-refractivity contribution >= 4 is 39.3 Å². The van der Waals surface area contributed by atoms with Gasteiger partial charge in [-0.1, -0.05) is 0 Å². The summed E-state index contributed by atoms with van der Waals surface area (Å²) in [6, 6.07) is 1.97. The van der Waals surface area contributed by atoms with E-state index in [0.29, 0.717) is 12.2 Å². The van der Waals surface area contributed by atoms with Crippen LogP contribution >= 0.6 is 27.3 Å². The molecule has 0 aliphatic rings. The van der Waals surface area contributed by atoms with Crippen molar-refractivity contribution in [3.63, 3.8) is 0 Å². The summed E-state index contributed by atoms with van der Waals surface area (Å²) in [5.41, 5.74) is 0.626. The number of hydrogen-bond acceptors (Lipinski definition) is 3. The highest BCUT2D eigenvalue weighted by molar-refractivity contribution is 9.10. The zero-order valence-electron chi connectivity index (χ0n) is 8.04. The van der Waals surface area contributed by atoms with Gasteiger partial charge >= 0.3 is 5.97 Å². The Hall–Kier alpha value is -0.610. The minimum absolute atomic E-state index is 0.253. The monoisotopic (exact) mass is 274 g/mol. The van der Waals surface area contributed by atoms with Crippen LogP contribution in [0.15, 0.2) is 21.5 Å². The minimum Gasteiger partial charge on any atom is -0.463 e. The molecule has 0 fully saturated rings. The van der Waals surface area contributed by atoms with Crippen LogP contribution in [0.2, 0.25) is 0 Å². The predicted molar refractivity (Wildman–Crippen MR) is 62.3 cm³/mol. The smallest absolute Gasteiger partial charge is 0.333 e. The second-order valence-electron chi connectivity index (χ2n) is 2.72. The van der Waals surface area contributed by atoms with Gasteiger partial charge in [-0.05, 0) is 41.9 Å². The fourth-order valence-corrected chi connectivity index (χ4v) is 2.36. The molecule has 0 aromatic carbocycles. The van der Waals surface area contributed by atoms with Crippen LogP contribution in [0.25, 0.3) is 6.08 Å². The molecule has 4 heteroatoms. The molecule has 0 aliphatic heterocycles. The number of carbonyl (C=O) groups is 1. The van der Waals surface area contributed by atoms with Crippen LogP contribution in [-0.4, -0.2) is 12.6 Å². The lowest BCUT2D eigenvalue weighted by Gasteiger charge is -1.99. The zero-order valence-corrected chi connectivity index (χ0v) is 10.4. The third kappa shape index (κ3) is 3.27. The Morgan fingerprint density at radius 1 is 1.71 bits per heavy atom. The van der Waals surface area contributed by atoms with E-state index >= 15 is 0 Å². The first-order chi connectivity index (χ1) is 6.63. The Morgan fingerprint density at radius 3 is 2.93 bits per heavy atom. The number of ether oxygens (including phenoxy) is 1. The number of thiophene rings is 1. The summed E-state index contributed by atoms with van der Waals surface area (Å²) >= 11 is 4.94. The van der Waals surface area contributed by atoms with Crippen LogP contribution in [0.4, 0.5) is 0 Å². The zero-order chi connectivity index (χ0) is 10.6. The van der Waals surface area contributed by atoms with E-state index in [2.05, 4.69) is 15.9 Å². The highest BCUT2D eigenvalue weighted by Crippen LogP contribution is 2.22. The van der Waals surface area contributed by atoms with Gasteiger partial charge in [-0.25, -0.2) is 4.79 Å². The molecule has 0 amide bonds. The second kappa shape index (κ2) is 5.32. The lowest BCUT2D eigenvalue weighted by atomic mass is 10.2. The van der Waals surface area contributed by atoms with Crippen LogP contribution in [0.1, 0.15) is 18.7 Å². The maximum Gasteiger partial charge on any atom is 0.333 e. The molecule has 0 atom stereocenters. The summed E-state index contributed by atoms with van der Waals surface area (Å²) in [5, 5.41) is 1.98. The summed E-state index contributed by atoms with van der Waals surface area (Å²) in [6.07, 6.45) is 1.83. The summed E-state index contributed by atoms with van der Waals surface area (Å²) in [5.74, 6) is -0.253. The molecule has 0 spiro atoms. The molecule has 1 heterocycles. The van der Waals surface area contributed by atoms with Crippen molar-refractivity contribution in [2.24, 2.45) is 0 Å². The van der Waals surface area contributed by atoms with E-state index in [4.69, 9.17) is 4.74 Å². The third-order valence-electron chi connectivity index (χ3n) is 1.54. The van der Waals surface area contributed by atoms with Crippen molar-refractivity contribution in [1.82, 2.24) is 0 Å². The first-order valence-electron chi connectivity index (χ1n) is 4.23. The number of esters is 1. The fourth-order valence-electron chi connectivity index (χ4n) is 0.921. The average molecular weight is 275 g/mol. The second-order valence-corrected chi connectivity index (χ2v) is 4.57. The number of rotatable bonds is 3. The molecule has 76 valence electrons. The van der Waals surface area contributed by atoms with Crippen LogP contribution in [0, 0.1) is 0 Å². The van der Waals surface area contributed by atoms with E-state index in [1.54, 1.807) is 25.2 Å². The van der Waals surface area contributed by atoms with Gasteiger partial charge in [0.25, 0.3) is 0 Å². The quantitative estimate of drug-likeness (QED) is 0.623. The maximum absolute atomic E-state index is 11.3. The number of hydrogen-bond donors (Lipinski definition) is 0. The van der Waals surface area contributed by atoms with E-state index in [-0.39, 0.29) is 5.97 Å². The third-order valence-corrected chi connectivity index (χ3v) is 3.18. The molecular formula is C10H11BrO2S. The van der Waals surface area contributed by atoms with Gasteiger partial charge < -0.3 is 4.74 Å². The minimum atomic E-state index is -0.253. The van der Waals surface area contributed by atoms with Crippen molar-refractivity contribution in [1.29, 1.82) is 0 Å². The Labute approximate surface area is 95.7 Å². The summed E-state index contributed by atoms with van der Waals surface area (Å²) in [6.45, 7) is 3.97. The Morgan fingerprint density at radius 2 is 2.43 bits per heavy atom. The summed E-state index contributed by atoms with van der Waals surface area (Å²) < 4.78 is 5.90. The van der Waals surface area contributed by atoms with Gasteiger partial charge in [0.1, 0.15) is 0 Å². The van der Waals surface area contributed by atoms with Gasteiger partial charge in [-0.3, -0.25) is 0 Å². The van der Waals surface area contributed by atoms with Gasteiger partial charge in [0.2, 0.25) is 0 Å². The van der Waals surface area contributed by atoms with Gasteiger partial charge in [0.15, 0.2) is 0 Å². The molecule has 0 saturated heterocycles. The Balaban J connectivity index is 2.73. The van der Waals surface area contributed by atoms with Crippen molar-refractivity contribution in [3.8, 4) is 0 Å². The number of carbonyl (C=O) groups excluding carboxylic acids is 1. The molecule has 1 rings (SSSR count). The van der Waals surface area contributed by atoms with E-state index in [0.717, 1.165) is 9.35 Å². The van der Waals surface area contributed by atoms with Gasteiger partial charge in [0, 0.05) is 20.3 Å². The highest BCUT2D eigenvalue weighted by Gasteiger charge is 2.04. The van der Waals surface area contributed by atoms with E-state index in [1.165, 1.54) is 0 Å². The van der Waals surface area contributed by atoms with Gasteiger partial charge in [-0.2, -0.15) is 0 Å². The molecule has 2 nitrogen and oxygen atoms in total. The van der Waals surface area contributed by atoms with Crippen LogP contribution < -0.4 is 0 Å². The molecule has 0 unspecified atom stereocenters. The molecule has 0 bridgehead atoms. The standard InChI is InChI=1S/C10H11BrO2S/c1-3-13-10(12)7(2)4-9-5-8(11)6-14-9/h4-6H,3H2,1-2H3. The summed E-state index contributed by atoms with van der Waals surface area (Å²) in [4.78, 5) is 12.3. The predicted octanol–water partition coefficient (Wildman–Crippen LogP) is 3.48. The summed E-state index contributed by atoms with van der Waals surface area (Å²) in [7, 11) is 0. The SMILES string of the molecule is CCOC(=O)C(C)=Cc1cc(Br)cs1. The lowest BCUT2D eigenvalue weighted by Crippen LogP contribution is -2.04. The molecule has 0 aliphatic carbocycles. The topological polar surface area (TPSA) is 26.3 Å². The van der Waals surface area contributed by atoms with E-state index in [9.17, 15) is 4.79 Å². The molecule has 1 aromatic rings.